The van der Waals surface area contributed by atoms with Gasteiger partial charge in [-0.1, -0.05) is 28.8 Å². The van der Waals surface area contributed by atoms with Crippen LogP contribution in [-0.4, -0.2) is 29.1 Å². The Bertz CT molecular complexity index is 504. The maximum Gasteiger partial charge on any atom is 0.425 e. The van der Waals surface area contributed by atoms with Crippen LogP contribution in [0.2, 0.25) is 0 Å². The van der Waals surface area contributed by atoms with Crippen LogP contribution >= 0.6 is 35.6 Å². The molecule has 0 radical (unpaired) electrons. The summed E-state index contributed by atoms with van der Waals surface area (Å²) < 4.78 is 89.5. The fourth-order valence-electron chi connectivity index (χ4n) is 0.653. The maximum absolute atomic E-state index is 13.0. The molecular formula is C9H13Cl3F3NO2. The molecule has 108 valence electrons. The largest absolute Gasteiger partial charge is 0.454 e. The van der Waals surface area contributed by atoms with Crippen molar-refractivity contribution in [3.05, 3.63) is 11.6 Å². The lowest BCUT2D eigenvalue weighted by Crippen LogP contribution is -2.47. The summed E-state index contributed by atoms with van der Waals surface area (Å²) in [6, 6.07) is -1.71. The topological polar surface area (TPSA) is 52.3 Å². The number of ether oxygens (including phenoxy) is 1. The van der Waals surface area contributed by atoms with E-state index in [4.69, 9.17) is 38.5 Å². The molecule has 0 amide bonds. The highest BCUT2D eigenvalue weighted by Crippen LogP contribution is 2.44. The molecular weight excluding hydrogens is 317 g/mol. The smallest absolute Gasteiger partial charge is 0.425 e. The minimum Gasteiger partial charge on any atom is -0.454 e. The highest BCUT2D eigenvalue weighted by molar-refractivity contribution is 6.49. The molecule has 0 bridgehead atoms. The molecule has 0 aromatic rings. The SMILES string of the molecule is Cl.[2H]C(=C(C([2H])([2H])[2H])C([2H])([2H])[2H])C(OC(=O)CN)C(Cl)(Cl)C(F)(F)F. The monoisotopic (exact) mass is 336 g/mol. The summed E-state index contributed by atoms with van der Waals surface area (Å²) in [5, 5.41) is 0. The first kappa shape index (κ1) is 9.69. The Morgan fingerprint density at radius 3 is 2.39 bits per heavy atom. The average molecular weight is 338 g/mol. The molecule has 9 heteroatoms. The van der Waals surface area contributed by atoms with Gasteiger partial charge in [0.2, 0.25) is 0 Å². The molecule has 0 saturated carbocycles. The van der Waals surface area contributed by atoms with Crippen molar-refractivity contribution in [2.75, 3.05) is 6.54 Å². The summed E-state index contributed by atoms with van der Waals surface area (Å²) in [4.78, 5) is 11.2. The van der Waals surface area contributed by atoms with Crippen LogP contribution in [0.3, 0.4) is 0 Å². The average Bonchev–Trinajstić information content (AvgIpc) is 2.29. The summed E-state index contributed by atoms with van der Waals surface area (Å²) in [6.45, 7) is -7.93. The zero-order valence-corrected chi connectivity index (χ0v) is 10.8. The second-order valence-electron chi connectivity index (χ2n) is 2.71. The number of rotatable bonds is 4. The van der Waals surface area contributed by atoms with Gasteiger partial charge in [0.1, 0.15) is 0 Å². The molecule has 0 heterocycles. The van der Waals surface area contributed by atoms with Gasteiger partial charge in [-0.05, 0) is 19.8 Å². The number of nitrogens with two attached hydrogens (primary N) is 1. The van der Waals surface area contributed by atoms with Crippen molar-refractivity contribution in [2.45, 2.75) is 30.3 Å². The van der Waals surface area contributed by atoms with Crippen molar-refractivity contribution in [1.82, 2.24) is 0 Å². The van der Waals surface area contributed by atoms with Crippen molar-refractivity contribution in [1.29, 1.82) is 0 Å². The lowest BCUT2D eigenvalue weighted by atomic mass is 10.1. The van der Waals surface area contributed by atoms with E-state index >= 15 is 0 Å². The van der Waals surface area contributed by atoms with Gasteiger partial charge in [0.05, 0.1) is 7.92 Å². The van der Waals surface area contributed by atoms with Gasteiger partial charge in [-0.25, -0.2) is 0 Å². The van der Waals surface area contributed by atoms with Crippen molar-refractivity contribution in [3.63, 3.8) is 0 Å². The number of carbonyl (C=O) groups excluding carboxylic acids is 1. The Kier molecular flexibility index (Phi) is 4.00. The van der Waals surface area contributed by atoms with Crippen molar-refractivity contribution >= 4 is 41.6 Å². The lowest BCUT2D eigenvalue weighted by Gasteiger charge is -2.29. The molecule has 2 N–H and O–H groups in total. The van der Waals surface area contributed by atoms with Crippen LogP contribution in [0.15, 0.2) is 11.6 Å². The van der Waals surface area contributed by atoms with E-state index < -0.39 is 54.5 Å². The zero-order chi connectivity index (χ0) is 19.7. The van der Waals surface area contributed by atoms with E-state index in [0.717, 1.165) is 0 Å². The fourth-order valence-corrected chi connectivity index (χ4v) is 0.852. The lowest BCUT2D eigenvalue weighted by molar-refractivity contribution is -0.171. The van der Waals surface area contributed by atoms with E-state index in [2.05, 4.69) is 4.74 Å². The Morgan fingerprint density at radius 2 is 2.06 bits per heavy atom. The van der Waals surface area contributed by atoms with Crippen molar-refractivity contribution in [3.8, 4) is 0 Å². The van der Waals surface area contributed by atoms with Gasteiger partial charge in [-0.3, -0.25) is 4.79 Å². The fraction of sp³-hybridized carbons (Fsp3) is 0.667. The predicted molar refractivity (Wildman–Crippen MR) is 66.1 cm³/mol. The van der Waals surface area contributed by atoms with Gasteiger partial charge >= 0.3 is 12.1 Å². The Hall–Kier alpha value is -0.170. The molecule has 0 aliphatic rings. The standard InChI is InChI=1S/C9H12Cl2F3NO2.ClH/c1-5(2)3-6(17-7(16)4-15)8(10,11)9(12,13)14;/h3,6H,4,15H2,1-2H3;1H/i1D3,2D3,3D;. The Labute approximate surface area is 129 Å². The number of esters is 1. The molecule has 0 saturated heterocycles. The maximum atomic E-state index is 13.0. The third-order valence-corrected chi connectivity index (χ3v) is 2.22. The summed E-state index contributed by atoms with van der Waals surface area (Å²) in [7, 11) is 0. The number of hydrogen-bond acceptors (Lipinski definition) is 3. The molecule has 1 atom stereocenters. The molecule has 0 fully saturated rings. The predicted octanol–water partition coefficient (Wildman–Crippen LogP) is 2.98. The van der Waals surface area contributed by atoms with Gasteiger partial charge in [0.15, 0.2) is 6.10 Å². The van der Waals surface area contributed by atoms with Crippen LogP contribution in [0.25, 0.3) is 0 Å². The Morgan fingerprint density at radius 1 is 1.56 bits per heavy atom. The first-order chi connectivity index (χ1) is 10.4. The summed E-state index contributed by atoms with van der Waals surface area (Å²) in [6.07, 6.45) is -8.44. The van der Waals surface area contributed by atoms with Crippen LogP contribution in [-0.2, 0) is 9.53 Å². The van der Waals surface area contributed by atoms with E-state index in [1.54, 1.807) is 0 Å². The minimum absolute atomic E-state index is 0. The van der Waals surface area contributed by atoms with Gasteiger partial charge in [0, 0.05) is 8.22 Å². The minimum atomic E-state index is -5.49. The number of carbonyl (C=O) groups is 1. The third-order valence-electron chi connectivity index (χ3n) is 1.40. The summed E-state index contributed by atoms with van der Waals surface area (Å²) in [5.74, 6) is -1.50. The van der Waals surface area contributed by atoms with Crippen molar-refractivity contribution < 1.29 is 32.3 Å². The quantitative estimate of drug-likeness (QED) is 0.487. The first-order valence-electron chi connectivity index (χ1n) is 7.43. The molecule has 0 rings (SSSR count). The molecule has 0 aromatic heterocycles. The third kappa shape index (κ3) is 5.65. The van der Waals surface area contributed by atoms with Crippen LogP contribution in [0, 0.1) is 0 Å². The highest BCUT2D eigenvalue weighted by atomic mass is 35.5. The molecule has 3 nitrogen and oxygen atoms in total. The number of alkyl halides is 5. The van der Waals surface area contributed by atoms with Gasteiger partial charge in [0.25, 0.3) is 4.33 Å². The van der Waals surface area contributed by atoms with Gasteiger partial charge in [-0.15, -0.1) is 12.4 Å². The first-order valence-corrected chi connectivity index (χ1v) is 4.68. The van der Waals surface area contributed by atoms with E-state index in [0.29, 0.717) is 0 Å². The van der Waals surface area contributed by atoms with E-state index in [9.17, 15) is 18.0 Å². The molecule has 18 heavy (non-hydrogen) atoms. The zero-order valence-electron chi connectivity index (χ0n) is 15.5. The molecule has 0 aliphatic carbocycles. The van der Waals surface area contributed by atoms with E-state index in [-0.39, 0.29) is 12.4 Å². The van der Waals surface area contributed by atoms with Crippen LogP contribution in [0.4, 0.5) is 13.2 Å². The summed E-state index contributed by atoms with van der Waals surface area (Å²) >= 11 is 10.2. The molecule has 1 unspecified atom stereocenters. The second-order valence-corrected chi connectivity index (χ2v) is 4.10. The number of hydrogen-bond donors (Lipinski definition) is 1. The molecule has 0 spiro atoms. The molecule has 0 aliphatic heterocycles. The van der Waals surface area contributed by atoms with E-state index in [1.165, 1.54) is 0 Å². The van der Waals surface area contributed by atoms with E-state index in [1.807, 2.05) is 0 Å². The normalized spacial score (nSPS) is 20.4. The number of halogens is 6. The van der Waals surface area contributed by atoms with Crippen LogP contribution in [0.1, 0.15) is 23.3 Å². The van der Waals surface area contributed by atoms with Crippen LogP contribution in [0.5, 0.6) is 0 Å². The second kappa shape index (κ2) is 7.43. The van der Waals surface area contributed by atoms with Gasteiger partial charge < -0.3 is 10.5 Å². The number of allylic oxidation sites excluding steroid dienone is 1. The van der Waals surface area contributed by atoms with Gasteiger partial charge in [-0.2, -0.15) is 13.2 Å². The van der Waals surface area contributed by atoms with Crippen LogP contribution < -0.4 is 5.73 Å². The Balaban J connectivity index is 0. The van der Waals surface area contributed by atoms with Crippen molar-refractivity contribution in [2.24, 2.45) is 5.73 Å². The molecule has 0 aromatic carbocycles. The highest BCUT2D eigenvalue weighted by Gasteiger charge is 2.58. The summed E-state index contributed by atoms with van der Waals surface area (Å²) in [5.41, 5.74) is 3.21.